The quantitative estimate of drug-likeness (QED) is 0.604. The zero-order chi connectivity index (χ0) is 22.7. The number of hydrogen-bond acceptors (Lipinski definition) is 4. The number of para-hydroxylation sites is 1. The van der Waals surface area contributed by atoms with Crippen molar-refractivity contribution in [2.45, 2.75) is 6.18 Å². The number of pyridine rings is 1. The van der Waals surface area contributed by atoms with Crippen molar-refractivity contribution < 1.29 is 22.4 Å². The standard InChI is InChI=1S/C23H22F4N4O/c24-16-5-7-17(8-6-16)31-13-11-30(12-14-31)10-9-28-22(32)19-15-29-20-4-2-1-3-18(20)21(19)23(25,26)27/h1-8,15H,9-14H2,(H,28,32). The first-order valence-electron chi connectivity index (χ1n) is 10.3. The molecule has 1 saturated heterocycles. The summed E-state index contributed by atoms with van der Waals surface area (Å²) in [7, 11) is 0. The molecule has 1 fully saturated rings. The van der Waals surface area contributed by atoms with Crippen LogP contribution in [0.5, 0.6) is 0 Å². The molecule has 1 amide bonds. The molecular formula is C23H22F4N4O. The monoisotopic (exact) mass is 446 g/mol. The number of halogens is 4. The minimum Gasteiger partial charge on any atom is -0.369 e. The first-order chi connectivity index (χ1) is 15.3. The molecule has 1 aromatic heterocycles. The van der Waals surface area contributed by atoms with E-state index in [-0.39, 0.29) is 23.3 Å². The molecule has 32 heavy (non-hydrogen) atoms. The van der Waals surface area contributed by atoms with Crippen molar-refractivity contribution in [2.75, 3.05) is 44.2 Å². The predicted molar refractivity (Wildman–Crippen MR) is 114 cm³/mol. The Labute approximate surface area is 182 Å². The summed E-state index contributed by atoms with van der Waals surface area (Å²) in [4.78, 5) is 20.8. The van der Waals surface area contributed by atoms with Gasteiger partial charge in [-0.25, -0.2) is 4.39 Å². The molecular weight excluding hydrogens is 424 g/mol. The highest BCUT2D eigenvalue weighted by molar-refractivity contribution is 6.00. The third-order valence-corrected chi connectivity index (χ3v) is 5.58. The van der Waals surface area contributed by atoms with Gasteiger partial charge < -0.3 is 10.2 Å². The van der Waals surface area contributed by atoms with Crippen LogP contribution in [0.2, 0.25) is 0 Å². The number of fused-ring (bicyclic) bond motifs is 1. The third kappa shape index (κ3) is 4.83. The zero-order valence-corrected chi connectivity index (χ0v) is 17.2. The third-order valence-electron chi connectivity index (χ3n) is 5.58. The molecule has 1 aliphatic rings. The van der Waals surface area contributed by atoms with Crippen LogP contribution in [0, 0.1) is 5.82 Å². The molecule has 0 saturated carbocycles. The molecule has 5 nitrogen and oxygen atoms in total. The van der Waals surface area contributed by atoms with Gasteiger partial charge in [0.15, 0.2) is 0 Å². The van der Waals surface area contributed by atoms with Gasteiger partial charge in [-0.2, -0.15) is 13.2 Å². The molecule has 0 spiro atoms. The number of alkyl halides is 3. The van der Waals surface area contributed by atoms with Crippen molar-refractivity contribution in [3.8, 4) is 0 Å². The van der Waals surface area contributed by atoms with Crippen LogP contribution in [-0.4, -0.2) is 55.1 Å². The molecule has 1 aliphatic heterocycles. The number of piperazine rings is 1. The molecule has 1 N–H and O–H groups in total. The molecule has 2 aromatic carbocycles. The van der Waals surface area contributed by atoms with Crippen LogP contribution in [0.15, 0.2) is 54.7 Å². The Balaban J connectivity index is 1.35. The van der Waals surface area contributed by atoms with E-state index in [9.17, 15) is 22.4 Å². The largest absolute Gasteiger partial charge is 0.417 e. The number of carbonyl (C=O) groups excluding carboxylic acids is 1. The van der Waals surface area contributed by atoms with Crippen molar-refractivity contribution in [3.63, 3.8) is 0 Å². The van der Waals surface area contributed by atoms with Gasteiger partial charge in [0.1, 0.15) is 5.82 Å². The summed E-state index contributed by atoms with van der Waals surface area (Å²) >= 11 is 0. The topological polar surface area (TPSA) is 48.5 Å². The zero-order valence-electron chi connectivity index (χ0n) is 17.2. The predicted octanol–water partition coefficient (Wildman–Crippen LogP) is 3.94. The lowest BCUT2D eigenvalue weighted by atomic mass is 10.0. The van der Waals surface area contributed by atoms with E-state index >= 15 is 0 Å². The van der Waals surface area contributed by atoms with Crippen LogP contribution < -0.4 is 10.2 Å². The van der Waals surface area contributed by atoms with Crippen molar-refractivity contribution in [2.24, 2.45) is 0 Å². The lowest BCUT2D eigenvalue weighted by Gasteiger charge is -2.36. The van der Waals surface area contributed by atoms with Crippen molar-refractivity contribution in [3.05, 3.63) is 71.7 Å². The molecule has 0 bridgehead atoms. The van der Waals surface area contributed by atoms with E-state index in [1.807, 2.05) is 0 Å². The van der Waals surface area contributed by atoms with Gasteiger partial charge in [-0.1, -0.05) is 18.2 Å². The van der Waals surface area contributed by atoms with E-state index in [0.29, 0.717) is 6.54 Å². The minimum absolute atomic E-state index is 0.0930. The molecule has 0 aliphatic carbocycles. The lowest BCUT2D eigenvalue weighted by Crippen LogP contribution is -2.48. The molecule has 9 heteroatoms. The Morgan fingerprint density at radius 1 is 1.00 bits per heavy atom. The Bertz CT molecular complexity index is 1090. The Hall–Kier alpha value is -3.20. The van der Waals surface area contributed by atoms with Crippen LogP contribution in [0.1, 0.15) is 15.9 Å². The van der Waals surface area contributed by atoms with E-state index in [1.165, 1.54) is 30.3 Å². The number of carbonyl (C=O) groups is 1. The van der Waals surface area contributed by atoms with Gasteiger partial charge in [-0.15, -0.1) is 0 Å². The number of rotatable bonds is 5. The number of benzene rings is 2. The number of aromatic nitrogens is 1. The van der Waals surface area contributed by atoms with Crippen molar-refractivity contribution in [1.29, 1.82) is 0 Å². The van der Waals surface area contributed by atoms with Gasteiger partial charge >= 0.3 is 6.18 Å². The normalized spacial score (nSPS) is 15.2. The molecule has 3 aromatic rings. The highest BCUT2D eigenvalue weighted by Gasteiger charge is 2.37. The Kier molecular flexibility index (Phi) is 6.27. The van der Waals surface area contributed by atoms with E-state index in [2.05, 4.69) is 20.1 Å². The van der Waals surface area contributed by atoms with Gasteiger partial charge in [0.25, 0.3) is 5.91 Å². The van der Waals surface area contributed by atoms with E-state index in [1.54, 1.807) is 18.2 Å². The van der Waals surface area contributed by atoms with Crippen LogP contribution >= 0.6 is 0 Å². The average Bonchev–Trinajstić information content (AvgIpc) is 2.78. The number of nitrogens with one attached hydrogen (secondary N) is 1. The molecule has 0 atom stereocenters. The Morgan fingerprint density at radius 3 is 2.38 bits per heavy atom. The molecule has 168 valence electrons. The maximum atomic E-state index is 13.7. The fourth-order valence-corrected chi connectivity index (χ4v) is 3.92. The Morgan fingerprint density at radius 2 is 1.69 bits per heavy atom. The van der Waals surface area contributed by atoms with Crippen molar-refractivity contribution >= 4 is 22.5 Å². The summed E-state index contributed by atoms with van der Waals surface area (Å²) in [5.74, 6) is -1.07. The molecule has 2 heterocycles. The highest BCUT2D eigenvalue weighted by atomic mass is 19.4. The maximum Gasteiger partial charge on any atom is 0.417 e. The molecule has 4 rings (SSSR count). The second-order valence-electron chi connectivity index (χ2n) is 7.62. The first-order valence-corrected chi connectivity index (χ1v) is 10.3. The summed E-state index contributed by atoms with van der Waals surface area (Å²) in [5, 5.41) is 2.50. The minimum atomic E-state index is -4.67. The summed E-state index contributed by atoms with van der Waals surface area (Å²) < 4.78 is 54.2. The summed E-state index contributed by atoms with van der Waals surface area (Å²) in [6.07, 6.45) is -3.69. The summed E-state index contributed by atoms with van der Waals surface area (Å²) in [6, 6.07) is 12.2. The van der Waals surface area contributed by atoms with E-state index in [4.69, 9.17) is 0 Å². The van der Waals surface area contributed by atoms with E-state index in [0.717, 1.165) is 38.1 Å². The van der Waals surface area contributed by atoms with Crippen LogP contribution in [0.25, 0.3) is 10.9 Å². The number of nitrogens with zero attached hydrogens (tertiary/aromatic N) is 3. The van der Waals surface area contributed by atoms with Crippen molar-refractivity contribution in [1.82, 2.24) is 15.2 Å². The first kappa shape index (κ1) is 22.0. The highest BCUT2D eigenvalue weighted by Crippen LogP contribution is 2.36. The van der Waals surface area contributed by atoms with Crippen LogP contribution in [0.4, 0.5) is 23.2 Å². The number of amides is 1. The summed E-state index contributed by atoms with van der Waals surface area (Å²) in [6.45, 7) is 3.70. The average molecular weight is 446 g/mol. The number of anilines is 1. The maximum absolute atomic E-state index is 13.7. The smallest absolute Gasteiger partial charge is 0.369 e. The van der Waals surface area contributed by atoms with Gasteiger partial charge in [-0.3, -0.25) is 14.7 Å². The lowest BCUT2D eigenvalue weighted by molar-refractivity contribution is -0.136. The van der Waals surface area contributed by atoms with Gasteiger partial charge in [0.2, 0.25) is 0 Å². The summed E-state index contributed by atoms with van der Waals surface area (Å²) in [5.41, 5.74) is -0.302. The van der Waals surface area contributed by atoms with Crippen LogP contribution in [-0.2, 0) is 6.18 Å². The molecule has 0 unspecified atom stereocenters. The molecule has 0 radical (unpaired) electrons. The second-order valence-corrected chi connectivity index (χ2v) is 7.62. The fourth-order valence-electron chi connectivity index (χ4n) is 3.92. The fraction of sp³-hybridized carbons (Fsp3) is 0.304. The number of hydrogen-bond donors (Lipinski definition) is 1. The SMILES string of the molecule is O=C(NCCN1CCN(c2ccc(F)cc2)CC1)c1cnc2ccccc2c1C(F)(F)F. The van der Waals surface area contributed by atoms with Gasteiger partial charge in [-0.05, 0) is 30.3 Å². The van der Waals surface area contributed by atoms with E-state index < -0.39 is 23.2 Å². The van der Waals surface area contributed by atoms with Crippen LogP contribution in [0.3, 0.4) is 0 Å². The van der Waals surface area contributed by atoms with Gasteiger partial charge in [0.05, 0.1) is 16.6 Å². The van der Waals surface area contributed by atoms with Gasteiger partial charge in [0, 0.05) is 56.5 Å². The second kappa shape index (κ2) is 9.12.